The normalized spacial score (nSPS) is 22.5. The predicted molar refractivity (Wildman–Crippen MR) is 63.9 cm³/mol. The lowest BCUT2D eigenvalue weighted by molar-refractivity contribution is -0.141. The van der Waals surface area contributed by atoms with Gasteiger partial charge in [-0.1, -0.05) is 6.07 Å². The number of hydrogen-bond donors (Lipinski definition) is 3. The Hall–Kier alpha value is -2.15. The minimum atomic E-state index is -1.21. The molecule has 102 valence electrons. The van der Waals surface area contributed by atoms with Crippen LogP contribution < -0.4 is 5.73 Å². The van der Waals surface area contributed by atoms with Gasteiger partial charge in [-0.15, -0.1) is 0 Å². The molecule has 1 aliphatic rings. The molecule has 1 heterocycles. The zero-order valence-electron chi connectivity index (χ0n) is 9.91. The number of carboxylic acids is 1. The summed E-state index contributed by atoms with van der Waals surface area (Å²) >= 11 is 0. The molecular weight excluding hydrogens is 255 g/mol. The number of halogens is 1. The molecule has 1 saturated heterocycles. The molecule has 2 rings (SSSR count). The highest BCUT2D eigenvalue weighted by Gasteiger charge is 2.39. The van der Waals surface area contributed by atoms with Gasteiger partial charge >= 0.3 is 5.97 Å². The van der Waals surface area contributed by atoms with Gasteiger partial charge in [-0.25, -0.2) is 9.18 Å². The molecule has 0 aromatic heterocycles. The van der Waals surface area contributed by atoms with E-state index < -0.39 is 29.8 Å². The number of hydrogen-bond acceptors (Lipinski definition) is 4. The second kappa shape index (κ2) is 4.85. The molecule has 4 N–H and O–H groups in total. The quantitative estimate of drug-likeness (QED) is 0.658. The summed E-state index contributed by atoms with van der Waals surface area (Å²) in [6.45, 7) is -0.105. The molecule has 1 aromatic carbocycles. The number of amides is 1. The van der Waals surface area contributed by atoms with Gasteiger partial charge in [0.15, 0.2) is 0 Å². The van der Waals surface area contributed by atoms with Crippen molar-refractivity contribution in [3.63, 3.8) is 0 Å². The van der Waals surface area contributed by atoms with Gasteiger partial charge in [-0.05, 0) is 12.1 Å². The minimum absolute atomic E-state index is 0.0453. The number of benzene rings is 1. The third kappa shape index (κ3) is 2.37. The highest BCUT2D eigenvalue weighted by Crippen LogP contribution is 2.24. The van der Waals surface area contributed by atoms with Crippen LogP contribution in [0.3, 0.4) is 0 Å². The Bertz CT molecular complexity index is 534. The monoisotopic (exact) mass is 268 g/mol. The number of aliphatic hydroxyl groups is 1. The molecule has 1 aromatic rings. The number of nitrogen functional groups attached to an aromatic ring is 1. The average Bonchev–Trinajstić information content (AvgIpc) is 2.74. The van der Waals surface area contributed by atoms with Gasteiger partial charge < -0.3 is 20.8 Å². The lowest BCUT2D eigenvalue weighted by Gasteiger charge is -2.21. The third-order valence-electron chi connectivity index (χ3n) is 3.11. The van der Waals surface area contributed by atoms with Gasteiger partial charge in [0.1, 0.15) is 11.9 Å². The molecule has 6 nitrogen and oxygen atoms in total. The molecule has 0 saturated carbocycles. The Morgan fingerprint density at radius 2 is 2.11 bits per heavy atom. The average molecular weight is 268 g/mol. The first-order valence-corrected chi connectivity index (χ1v) is 5.67. The van der Waals surface area contributed by atoms with Crippen molar-refractivity contribution in [2.75, 3.05) is 12.3 Å². The standard InChI is InChI=1S/C12H13FN2O4/c13-8-3-1-2-7(10(8)14)11(17)15-5-6(16)4-9(15)12(18)19/h1-3,6,9,16H,4-5,14H2,(H,18,19)/t6-,9+/m1/s1. The van der Waals surface area contributed by atoms with E-state index in [0.29, 0.717) is 0 Å². The van der Waals surface area contributed by atoms with E-state index in [4.69, 9.17) is 10.8 Å². The number of aliphatic carboxylic acids is 1. The largest absolute Gasteiger partial charge is 0.480 e. The van der Waals surface area contributed by atoms with Gasteiger partial charge in [0, 0.05) is 13.0 Å². The van der Waals surface area contributed by atoms with E-state index in [1.54, 1.807) is 0 Å². The second-order valence-corrected chi connectivity index (χ2v) is 4.40. The summed E-state index contributed by atoms with van der Waals surface area (Å²) < 4.78 is 13.3. The van der Waals surface area contributed by atoms with Gasteiger partial charge in [0.25, 0.3) is 5.91 Å². The van der Waals surface area contributed by atoms with Crippen LogP contribution >= 0.6 is 0 Å². The molecule has 0 spiro atoms. The zero-order valence-corrected chi connectivity index (χ0v) is 9.91. The van der Waals surface area contributed by atoms with Crippen molar-refractivity contribution < 1.29 is 24.2 Å². The minimum Gasteiger partial charge on any atom is -0.480 e. The van der Waals surface area contributed by atoms with Crippen LogP contribution in [0.1, 0.15) is 16.8 Å². The molecule has 1 fully saturated rings. The van der Waals surface area contributed by atoms with Crippen LogP contribution in [-0.4, -0.2) is 45.7 Å². The number of nitrogens with two attached hydrogens (primary N) is 1. The number of carboxylic acid groups (broad SMARTS) is 1. The van der Waals surface area contributed by atoms with E-state index in [0.717, 1.165) is 11.0 Å². The van der Waals surface area contributed by atoms with Crippen LogP contribution in [0.15, 0.2) is 18.2 Å². The first-order valence-electron chi connectivity index (χ1n) is 5.67. The van der Waals surface area contributed by atoms with E-state index in [1.165, 1.54) is 12.1 Å². The summed E-state index contributed by atoms with van der Waals surface area (Å²) in [7, 11) is 0. The number of para-hydroxylation sites is 1. The Morgan fingerprint density at radius 3 is 2.74 bits per heavy atom. The number of anilines is 1. The van der Waals surface area contributed by atoms with Crippen molar-refractivity contribution in [2.24, 2.45) is 0 Å². The van der Waals surface area contributed by atoms with Gasteiger partial charge in [0.2, 0.25) is 0 Å². The number of β-amino-alcohol motifs (C(OH)–C–C–N with tert-alkyl or cyclic N) is 1. The smallest absolute Gasteiger partial charge is 0.326 e. The summed E-state index contributed by atoms with van der Waals surface area (Å²) in [5, 5.41) is 18.5. The molecule has 0 aliphatic carbocycles. The summed E-state index contributed by atoms with van der Waals surface area (Å²) in [6.07, 6.45) is -0.948. The molecule has 7 heteroatoms. The molecule has 19 heavy (non-hydrogen) atoms. The highest BCUT2D eigenvalue weighted by molar-refractivity contribution is 6.01. The molecule has 1 aliphatic heterocycles. The van der Waals surface area contributed by atoms with Crippen LogP contribution in [0.4, 0.5) is 10.1 Å². The number of carbonyl (C=O) groups excluding carboxylic acids is 1. The van der Waals surface area contributed by atoms with Crippen LogP contribution in [0.2, 0.25) is 0 Å². The summed E-state index contributed by atoms with van der Waals surface area (Å²) in [5.74, 6) is -2.64. The lowest BCUT2D eigenvalue weighted by Crippen LogP contribution is -2.40. The molecule has 0 bridgehead atoms. The molecule has 1 amide bonds. The summed E-state index contributed by atoms with van der Waals surface area (Å²) in [5.41, 5.74) is 5.06. The van der Waals surface area contributed by atoms with Crippen molar-refractivity contribution >= 4 is 17.6 Å². The summed E-state index contributed by atoms with van der Waals surface area (Å²) in [6, 6.07) is 2.63. The number of carbonyl (C=O) groups is 2. The van der Waals surface area contributed by atoms with Crippen molar-refractivity contribution in [1.82, 2.24) is 4.90 Å². The predicted octanol–water partition coefficient (Wildman–Crippen LogP) is 0.0679. The maximum Gasteiger partial charge on any atom is 0.326 e. The zero-order chi connectivity index (χ0) is 14.2. The maximum absolute atomic E-state index is 13.3. The number of aliphatic hydroxyl groups excluding tert-OH is 1. The van der Waals surface area contributed by atoms with Crippen LogP contribution in [0.25, 0.3) is 0 Å². The SMILES string of the molecule is Nc1c(F)cccc1C(=O)N1C[C@H](O)C[C@H]1C(=O)O. The number of nitrogens with zero attached hydrogens (tertiary/aromatic N) is 1. The molecule has 0 radical (unpaired) electrons. The van der Waals surface area contributed by atoms with Gasteiger partial charge in [0.05, 0.1) is 17.4 Å². The third-order valence-corrected chi connectivity index (χ3v) is 3.11. The Balaban J connectivity index is 2.33. The topological polar surface area (TPSA) is 104 Å². The van der Waals surface area contributed by atoms with Gasteiger partial charge in [-0.2, -0.15) is 0 Å². The molecule has 2 atom stereocenters. The maximum atomic E-state index is 13.3. The van der Waals surface area contributed by atoms with Crippen molar-refractivity contribution in [3.8, 4) is 0 Å². The van der Waals surface area contributed by atoms with E-state index in [2.05, 4.69) is 0 Å². The fraction of sp³-hybridized carbons (Fsp3) is 0.333. The number of rotatable bonds is 2. The Morgan fingerprint density at radius 1 is 1.42 bits per heavy atom. The van der Waals surface area contributed by atoms with E-state index in [9.17, 15) is 19.1 Å². The highest BCUT2D eigenvalue weighted by atomic mass is 19.1. The summed E-state index contributed by atoms with van der Waals surface area (Å²) in [4.78, 5) is 24.2. The van der Waals surface area contributed by atoms with Crippen molar-refractivity contribution in [2.45, 2.75) is 18.6 Å². The van der Waals surface area contributed by atoms with E-state index in [-0.39, 0.29) is 24.2 Å². The molecular formula is C12H13FN2O4. The van der Waals surface area contributed by atoms with Crippen molar-refractivity contribution in [3.05, 3.63) is 29.6 Å². The van der Waals surface area contributed by atoms with Crippen molar-refractivity contribution in [1.29, 1.82) is 0 Å². The second-order valence-electron chi connectivity index (χ2n) is 4.40. The van der Waals surface area contributed by atoms with Crippen LogP contribution in [-0.2, 0) is 4.79 Å². The molecule has 0 unspecified atom stereocenters. The first-order chi connectivity index (χ1) is 8.91. The van der Waals surface area contributed by atoms with E-state index in [1.807, 2.05) is 0 Å². The Labute approximate surface area is 108 Å². The lowest BCUT2D eigenvalue weighted by atomic mass is 10.1. The van der Waals surface area contributed by atoms with Gasteiger partial charge in [-0.3, -0.25) is 4.79 Å². The van der Waals surface area contributed by atoms with E-state index >= 15 is 0 Å². The number of likely N-dealkylation sites (tertiary alicyclic amines) is 1. The first kappa shape index (κ1) is 13.3. The Kier molecular flexibility index (Phi) is 3.39. The fourth-order valence-electron chi connectivity index (χ4n) is 2.15. The van der Waals surface area contributed by atoms with Crippen LogP contribution in [0.5, 0.6) is 0 Å². The fourth-order valence-corrected chi connectivity index (χ4v) is 2.15. The van der Waals surface area contributed by atoms with Crippen LogP contribution in [0, 0.1) is 5.82 Å².